The number of hydrogen-bond donors (Lipinski definition) is 1. The van der Waals surface area contributed by atoms with Crippen LogP contribution >= 0.6 is 23.1 Å². The van der Waals surface area contributed by atoms with Gasteiger partial charge in [0, 0.05) is 17.5 Å². The number of thiophene rings is 1. The maximum absolute atomic E-state index is 13.1. The Labute approximate surface area is 248 Å². The molecule has 8 nitrogen and oxygen atoms in total. The van der Waals surface area contributed by atoms with Crippen LogP contribution in [0, 0.1) is 27.7 Å². The third-order valence-corrected chi connectivity index (χ3v) is 8.37. The number of rotatable bonds is 11. The minimum absolute atomic E-state index is 0.0684. The molecule has 10 heteroatoms. The molecule has 4 rings (SSSR count). The van der Waals surface area contributed by atoms with Gasteiger partial charge in [0.25, 0.3) is 0 Å². The summed E-state index contributed by atoms with van der Waals surface area (Å²) in [7, 11) is 1.34. The molecule has 1 N–H and O–H groups in total. The van der Waals surface area contributed by atoms with E-state index in [-0.39, 0.29) is 17.8 Å². The summed E-state index contributed by atoms with van der Waals surface area (Å²) in [4.78, 5) is 25.8. The first kappa shape index (κ1) is 30.1. The number of allylic oxidation sites excluding steroid dienone is 1. The highest BCUT2D eigenvalue weighted by molar-refractivity contribution is 7.99. The number of thioether (sulfide) groups is 1. The van der Waals surface area contributed by atoms with Crippen molar-refractivity contribution in [3.8, 4) is 16.9 Å². The van der Waals surface area contributed by atoms with E-state index in [4.69, 9.17) is 9.47 Å². The fourth-order valence-corrected chi connectivity index (χ4v) is 6.17. The standard InChI is InChI=1S/C31H34N4O4S2/c1-8-13-35-28(22(6)39-25-12-10-18(2)14-21(25)5)33-34-31(35)41-17-26(36)32-29-27(30(37)38-7)24(16-40-29)23-15-19(3)9-11-20(23)4/h8-12,14-16,22H,1,13,17H2,2-7H3,(H,32,36). The summed E-state index contributed by atoms with van der Waals surface area (Å²) in [6.45, 7) is 14.3. The Kier molecular flexibility index (Phi) is 9.67. The van der Waals surface area contributed by atoms with Crippen molar-refractivity contribution in [1.29, 1.82) is 0 Å². The molecule has 41 heavy (non-hydrogen) atoms. The first-order valence-electron chi connectivity index (χ1n) is 13.1. The summed E-state index contributed by atoms with van der Waals surface area (Å²) in [6.07, 6.45) is 1.38. The summed E-state index contributed by atoms with van der Waals surface area (Å²) >= 11 is 2.55. The molecule has 0 bridgehead atoms. The zero-order chi connectivity index (χ0) is 29.7. The summed E-state index contributed by atoms with van der Waals surface area (Å²) in [5.41, 5.74) is 6.32. The van der Waals surface area contributed by atoms with Gasteiger partial charge in [-0.3, -0.25) is 9.36 Å². The number of hydrogen-bond acceptors (Lipinski definition) is 8. The first-order chi connectivity index (χ1) is 19.6. The zero-order valence-electron chi connectivity index (χ0n) is 24.1. The maximum Gasteiger partial charge on any atom is 0.341 e. The van der Waals surface area contributed by atoms with Crippen molar-refractivity contribution < 1.29 is 19.1 Å². The molecule has 1 amide bonds. The number of methoxy groups -OCH3 is 1. The second-order valence-corrected chi connectivity index (χ2v) is 11.6. The molecule has 1 atom stereocenters. The van der Waals surface area contributed by atoms with Crippen LogP contribution in [0.3, 0.4) is 0 Å². The second kappa shape index (κ2) is 13.2. The molecule has 2 aromatic carbocycles. The summed E-state index contributed by atoms with van der Waals surface area (Å²) < 4.78 is 13.2. The molecular formula is C31H34N4O4S2. The van der Waals surface area contributed by atoms with Gasteiger partial charge in [-0.05, 0) is 57.4 Å². The van der Waals surface area contributed by atoms with Crippen molar-refractivity contribution in [3.63, 3.8) is 0 Å². The van der Waals surface area contributed by atoms with Gasteiger partial charge in [0.15, 0.2) is 17.1 Å². The van der Waals surface area contributed by atoms with E-state index in [1.807, 2.05) is 74.9 Å². The number of aromatic nitrogens is 3. The van der Waals surface area contributed by atoms with E-state index >= 15 is 0 Å². The number of anilines is 1. The van der Waals surface area contributed by atoms with Crippen LogP contribution in [0.15, 0.2) is 59.6 Å². The van der Waals surface area contributed by atoms with Crippen molar-refractivity contribution in [1.82, 2.24) is 14.8 Å². The molecule has 0 spiro atoms. The smallest absolute Gasteiger partial charge is 0.341 e. The normalized spacial score (nSPS) is 11.7. The van der Waals surface area contributed by atoms with Crippen molar-refractivity contribution in [2.45, 2.75) is 52.4 Å². The molecule has 1 unspecified atom stereocenters. The largest absolute Gasteiger partial charge is 0.482 e. The maximum atomic E-state index is 13.1. The molecule has 4 aromatic rings. The number of carbonyl (C=O) groups is 2. The van der Waals surface area contributed by atoms with Crippen LogP contribution in [0.2, 0.25) is 0 Å². The highest BCUT2D eigenvalue weighted by Crippen LogP contribution is 2.38. The molecule has 0 aliphatic carbocycles. The predicted molar refractivity (Wildman–Crippen MR) is 165 cm³/mol. The fourth-order valence-electron chi connectivity index (χ4n) is 4.45. The number of nitrogens with one attached hydrogen (secondary N) is 1. The van der Waals surface area contributed by atoms with E-state index < -0.39 is 5.97 Å². The summed E-state index contributed by atoms with van der Waals surface area (Å²) in [5, 5.41) is 14.5. The van der Waals surface area contributed by atoms with E-state index in [9.17, 15) is 9.59 Å². The minimum atomic E-state index is -0.502. The lowest BCUT2D eigenvalue weighted by Gasteiger charge is -2.17. The lowest BCUT2D eigenvalue weighted by molar-refractivity contribution is -0.113. The Morgan fingerprint density at radius 2 is 1.80 bits per heavy atom. The van der Waals surface area contributed by atoms with Crippen LogP contribution in [0.25, 0.3) is 11.1 Å². The van der Waals surface area contributed by atoms with Gasteiger partial charge in [-0.25, -0.2) is 4.79 Å². The van der Waals surface area contributed by atoms with Crippen LogP contribution in [-0.4, -0.2) is 39.5 Å². The average Bonchev–Trinajstić information content (AvgIpc) is 3.54. The molecule has 0 saturated carbocycles. The van der Waals surface area contributed by atoms with Gasteiger partial charge < -0.3 is 14.8 Å². The summed E-state index contributed by atoms with van der Waals surface area (Å²) in [6, 6.07) is 12.1. The van der Waals surface area contributed by atoms with Crippen LogP contribution in [-0.2, 0) is 16.1 Å². The van der Waals surface area contributed by atoms with Gasteiger partial charge in [0.1, 0.15) is 16.3 Å². The topological polar surface area (TPSA) is 95.3 Å². The van der Waals surface area contributed by atoms with Gasteiger partial charge in [-0.2, -0.15) is 0 Å². The Morgan fingerprint density at radius 3 is 2.51 bits per heavy atom. The molecular weight excluding hydrogens is 556 g/mol. The van der Waals surface area contributed by atoms with E-state index in [1.54, 1.807) is 6.08 Å². The molecule has 0 saturated heterocycles. The molecule has 2 heterocycles. The Morgan fingerprint density at radius 1 is 1.07 bits per heavy atom. The minimum Gasteiger partial charge on any atom is -0.482 e. The first-order valence-corrected chi connectivity index (χ1v) is 15.0. The molecule has 2 aromatic heterocycles. The van der Waals surface area contributed by atoms with Crippen LogP contribution < -0.4 is 10.1 Å². The van der Waals surface area contributed by atoms with E-state index in [2.05, 4.69) is 28.2 Å². The van der Waals surface area contributed by atoms with Gasteiger partial charge in [-0.15, -0.1) is 28.1 Å². The molecule has 0 fully saturated rings. The number of aryl methyl sites for hydroxylation is 4. The van der Waals surface area contributed by atoms with E-state index in [1.165, 1.54) is 30.2 Å². The Balaban J connectivity index is 1.50. The van der Waals surface area contributed by atoms with Crippen LogP contribution in [0.4, 0.5) is 5.00 Å². The third-order valence-electron chi connectivity index (χ3n) is 6.50. The van der Waals surface area contributed by atoms with Crippen molar-refractivity contribution in [2.24, 2.45) is 0 Å². The van der Waals surface area contributed by atoms with Crippen LogP contribution in [0.5, 0.6) is 5.75 Å². The second-order valence-electron chi connectivity index (χ2n) is 9.77. The SMILES string of the molecule is C=CCn1c(SCC(=O)Nc2scc(-c3cc(C)ccc3C)c2C(=O)OC)nnc1C(C)Oc1ccc(C)cc1C. The molecule has 0 aliphatic rings. The molecule has 214 valence electrons. The summed E-state index contributed by atoms with van der Waals surface area (Å²) in [5.74, 6) is 0.709. The van der Waals surface area contributed by atoms with Gasteiger partial charge in [0.2, 0.25) is 5.91 Å². The molecule has 0 radical (unpaired) electrons. The van der Waals surface area contributed by atoms with Crippen molar-refractivity contribution in [2.75, 3.05) is 18.2 Å². The highest BCUT2D eigenvalue weighted by atomic mass is 32.2. The quantitative estimate of drug-likeness (QED) is 0.113. The number of ether oxygens (including phenoxy) is 2. The van der Waals surface area contributed by atoms with Gasteiger partial charge in [-0.1, -0.05) is 59.3 Å². The number of amides is 1. The average molecular weight is 591 g/mol. The third kappa shape index (κ3) is 6.89. The van der Waals surface area contributed by atoms with Gasteiger partial charge in [0.05, 0.1) is 12.9 Å². The van der Waals surface area contributed by atoms with Crippen LogP contribution in [0.1, 0.15) is 51.5 Å². The highest BCUT2D eigenvalue weighted by Gasteiger charge is 2.24. The molecule has 0 aliphatic heterocycles. The fraction of sp³-hybridized carbons (Fsp3) is 0.290. The Hall–Kier alpha value is -3.89. The monoisotopic (exact) mass is 590 g/mol. The number of esters is 1. The lowest BCUT2D eigenvalue weighted by Crippen LogP contribution is -2.17. The Bertz CT molecular complexity index is 1590. The predicted octanol–water partition coefficient (Wildman–Crippen LogP) is 7.08. The van der Waals surface area contributed by atoms with Gasteiger partial charge >= 0.3 is 5.97 Å². The van der Waals surface area contributed by atoms with E-state index in [0.29, 0.717) is 28.1 Å². The van der Waals surface area contributed by atoms with Crippen molar-refractivity contribution >= 4 is 40.0 Å². The lowest BCUT2D eigenvalue weighted by atomic mass is 9.97. The van der Waals surface area contributed by atoms with Crippen molar-refractivity contribution in [3.05, 3.63) is 88.1 Å². The number of carbonyl (C=O) groups excluding carboxylic acids is 2. The van der Waals surface area contributed by atoms with E-state index in [0.717, 1.165) is 39.1 Å². The number of benzene rings is 2. The zero-order valence-corrected chi connectivity index (χ0v) is 25.7. The number of nitrogens with zero attached hydrogens (tertiary/aromatic N) is 3.